The maximum atomic E-state index is 2.52. The third-order valence-electron chi connectivity index (χ3n) is 4.25. The number of unbranched alkanes of at least 4 members (excludes halogenated alkanes) is 3. The molecule has 0 saturated carbocycles. The first kappa shape index (κ1) is 15.1. The van der Waals surface area contributed by atoms with E-state index in [1.807, 2.05) is 0 Å². The molecule has 0 nitrogen and oxygen atoms in total. The van der Waals surface area contributed by atoms with E-state index in [-0.39, 0.29) is 0 Å². The molecule has 0 amide bonds. The first-order chi connectivity index (χ1) is 7.10. The van der Waals surface area contributed by atoms with Crippen molar-refractivity contribution in [2.24, 2.45) is 5.41 Å². The summed E-state index contributed by atoms with van der Waals surface area (Å²) in [5.74, 6) is 0.890. The van der Waals surface area contributed by atoms with Crippen molar-refractivity contribution in [2.45, 2.75) is 85.3 Å². The van der Waals surface area contributed by atoms with Gasteiger partial charge in [-0.15, -0.1) is 0 Å². The van der Waals surface area contributed by atoms with Gasteiger partial charge < -0.3 is 0 Å². The molecule has 0 saturated heterocycles. The molecule has 0 bridgehead atoms. The van der Waals surface area contributed by atoms with Crippen molar-refractivity contribution in [1.29, 1.82) is 0 Å². The summed E-state index contributed by atoms with van der Waals surface area (Å²) in [5.41, 5.74) is 0.611. The van der Waals surface area contributed by atoms with Crippen molar-refractivity contribution in [3.05, 3.63) is 0 Å². The molecule has 0 aliphatic rings. The molecule has 0 aromatic heterocycles. The summed E-state index contributed by atoms with van der Waals surface area (Å²) in [6.45, 7) is 11.9. The molecule has 90 valence electrons. The Kier molecular flexibility index (Phi) is 8.28. The molecule has 0 aliphatic carbocycles. The lowest BCUT2D eigenvalue weighted by Crippen LogP contribution is -2.24. The molecule has 0 aromatic rings. The quantitative estimate of drug-likeness (QED) is 0.368. The van der Waals surface area contributed by atoms with Gasteiger partial charge in [-0.2, -0.15) is 0 Å². The predicted octanol–water partition coefficient (Wildman–Crippen LogP) is 5.06. The smallest absolute Gasteiger partial charge is 0.0891 e. The van der Waals surface area contributed by atoms with Gasteiger partial charge in [0.25, 0.3) is 0 Å². The minimum absolute atomic E-state index is 0.611. The van der Waals surface area contributed by atoms with Crippen molar-refractivity contribution in [2.75, 3.05) is 0 Å². The first-order valence-corrected chi connectivity index (χ1v) is 7.10. The predicted molar refractivity (Wildman–Crippen MR) is 74.2 cm³/mol. The van der Waals surface area contributed by atoms with Crippen LogP contribution in [0.3, 0.4) is 0 Å². The van der Waals surface area contributed by atoms with Crippen LogP contribution in [0.4, 0.5) is 0 Å². The molecule has 2 atom stereocenters. The van der Waals surface area contributed by atoms with E-state index in [0.717, 1.165) is 5.82 Å². The Morgan fingerprint density at radius 2 is 1.53 bits per heavy atom. The summed E-state index contributed by atoms with van der Waals surface area (Å²) in [6.07, 6.45) is 9.83. The maximum absolute atomic E-state index is 2.52. The van der Waals surface area contributed by atoms with E-state index in [1.54, 1.807) is 0 Å². The van der Waals surface area contributed by atoms with Crippen molar-refractivity contribution >= 4 is 7.28 Å². The van der Waals surface area contributed by atoms with E-state index in [1.165, 1.54) is 52.2 Å². The lowest BCUT2D eigenvalue weighted by molar-refractivity contribution is 0.243. The molecule has 0 spiro atoms. The highest BCUT2D eigenvalue weighted by atomic mass is 14.3. The summed E-state index contributed by atoms with van der Waals surface area (Å²) in [5, 5.41) is 0. The van der Waals surface area contributed by atoms with Gasteiger partial charge >= 0.3 is 0 Å². The van der Waals surface area contributed by atoms with Crippen LogP contribution < -0.4 is 0 Å². The fraction of sp³-hybridized carbons (Fsp3) is 1.00. The van der Waals surface area contributed by atoms with Crippen LogP contribution in [-0.2, 0) is 0 Å². The average Bonchev–Trinajstić information content (AvgIpc) is 2.25. The Bertz CT molecular complexity index is 144. The van der Waals surface area contributed by atoms with Crippen molar-refractivity contribution in [3.8, 4) is 0 Å². The first-order valence-electron chi connectivity index (χ1n) is 7.10. The van der Waals surface area contributed by atoms with Crippen LogP contribution in [0.5, 0.6) is 0 Å². The van der Waals surface area contributed by atoms with Gasteiger partial charge in [-0.3, -0.25) is 0 Å². The van der Waals surface area contributed by atoms with E-state index >= 15 is 0 Å². The molecule has 15 heavy (non-hydrogen) atoms. The van der Waals surface area contributed by atoms with Gasteiger partial charge in [0.2, 0.25) is 0 Å². The van der Waals surface area contributed by atoms with E-state index < -0.39 is 0 Å². The number of hydrogen-bond donors (Lipinski definition) is 0. The van der Waals surface area contributed by atoms with Gasteiger partial charge in [0.15, 0.2) is 0 Å². The van der Waals surface area contributed by atoms with Crippen LogP contribution in [0, 0.1) is 5.41 Å². The molecular weight excluding hydrogens is 179 g/mol. The molecule has 0 rings (SSSR count). The Morgan fingerprint density at radius 1 is 1.00 bits per heavy atom. The summed E-state index contributed by atoms with van der Waals surface area (Å²) >= 11 is 0. The molecule has 0 radical (unpaired) electrons. The van der Waals surface area contributed by atoms with E-state index in [2.05, 4.69) is 34.5 Å². The van der Waals surface area contributed by atoms with Crippen LogP contribution in [-0.4, -0.2) is 7.28 Å². The van der Waals surface area contributed by atoms with Gasteiger partial charge in [0.1, 0.15) is 7.28 Å². The molecule has 1 heteroatoms. The topological polar surface area (TPSA) is 0 Å². The van der Waals surface area contributed by atoms with Crippen molar-refractivity contribution in [1.82, 2.24) is 0 Å². The summed E-state index contributed by atoms with van der Waals surface area (Å²) in [4.78, 5) is 0. The third-order valence-corrected chi connectivity index (χ3v) is 4.25. The Hall–Kier alpha value is 0.0649. The monoisotopic (exact) mass is 210 g/mol. The maximum Gasteiger partial charge on any atom is 0.121 e. The molecule has 0 aliphatic heterocycles. The van der Waals surface area contributed by atoms with Gasteiger partial charge in [-0.1, -0.05) is 72.4 Å². The number of hydrogen-bond acceptors (Lipinski definition) is 0. The van der Waals surface area contributed by atoms with Crippen LogP contribution in [0.25, 0.3) is 0 Å². The van der Waals surface area contributed by atoms with Crippen LogP contribution in [0.2, 0.25) is 12.6 Å². The summed E-state index contributed by atoms with van der Waals surface area (Å²) < 4.78 is 0. The second-order valence-corrected chi connectivity index (χ2v) is 5.52. The second-order valence-electron chi connectivity index (χ2n) is 5.52. The Balaban J connectivity index is 4.13. The highest BCUT2D eigenvalue weighted by molar-refractivity contribution is 6.35. The minimum Gasteiger partial charge on any atom is -0.0891 e. The van der Waals surface area contributed by atoms with Gasteiger partial charge in [-0.25, -0.2) is 0 Å². The molecule has 0 heterocycles. The highest BCUT2D eigenvalue weighted by Gasteiger charge is 2.28. The van der Waals surface area contributed by atoms with Gasteiger partial charge in [-0.05, 0) is 18.3 Å². The van der Waals surface area contributed by atoms with E-state index in [9.17, 15) is 0 Å². The average molecular weight is 210 g/mol. The number of rotatable bonds is 9. The van der Waals surface area contributed by atoms with Crippen LogP contribution in [0.1, 0.15) is 72.6 Å². The van der Waals surface area contributed by atoms with Gasteiger partial charge in [0.05, 0.1) is 0 Å². The normalized spacial score (nSPS) is 17.1. The minimum atomic E-state index is 0.611. The second kappa shape index (κ2) is 8.24. The van der Waals surface area contributed by atoms with Crippen LogP contribution in [0.15, 0.2) is 0 Å². The SMILES string of the molecule is CBC(C)C(C)(CCCC)CCCCC. The highest BCUT2D eigenvalue weighted by Crippen LogP contribution is 2.41. The van der Waals surface area contributed by atoms with E-state index in [0.29, 0.717) is 5.41 Å². The van der Waals surface area contributed by atoms with Crippen LogP contribution >= 0.6 is 0 Å². The van der Waals surface area contributed by atoms with E-state index in [4.69, 9.17) is 0 Å². The standard InChI is InChI=1S/C14H31B/c1-6-8-10-12-14(4,11-9-7-2)13(3)15-5/h13,15H,6-12H2,1-5H3. The zero-order valence-electron chi connectivity index (χ0n) is 11.7. The van der Waals surface area contributed by atoms with Crippen molar-refractivity contribution in [3.63, 3.8) is 0 Å². The zero-order valence-corrected chi connectivity index (χ0v) is 11.7. The molecule has 2 unspecified atom stereocenters. The fourth-order valence-electron chi connectivity index (χ4n) is 2.47. The van der Waals surface area contributed by atoms with Gasteiger partial charge in [0, 0.05) is 0 Å². The molecule has 0 N–H and O–H groups in total. The fourth-order valence-corrected chi connectivity index (χ4v) is 2.47. The Morgan fingerprint density at radius 3 is 2.00 bits per heavy atom. The summed E-state index contributed by atoms with van der Waals surface area (Å²) in [6, 6.07) is 0. The molecular formula is C14H31B. The zero-order chi connectivity index (χ0) is 11.7. The third kappa shape index (κ3) is 5.63. The van der Waals surface area contributed by atoms with Crippen molar-refractivity contribution < 1.29 is 0 Å². The molecule has 0 fully saturated rings. The molecule has 0 aromatic carbocycles. The summed E-state index contributed by atoms with van der Waals surface area (Å²) in [7, 11) is 1.34. The lowest BCUT2D eigenvalue weighted by atomic mass is 9.53. The largest absolute Gasteiger partial charge is 0.121 e. The Labute approximate surface area is 98.5 Å². The lowest BCUT2D eigenvalue weighted by Gasteiger charge is -2.35.